The van der Waals surface area contributed by atoms with E-state index in [0.717, 1.165) is 0 Å². The number of hydrogen-bond donors (Lipinski definition) is 1. The maximum atomic E-state index is 12.7. The van der Waals surface area contributed by atoms with E-state index in [0.29, 0.717) is 34.1 Å². The Labute approximate surface area is 171 Å². The molecule has 3 aromatic heterocycles. The second kappa shape index (κ2) is 7.94. The third-order valence-corrected chi connectivity index (χ3v) is 5.05. The van der Waals surface area contributed by atoms with Crippen molar-refractivity contribution in [1.82, 2.24) is 24.6 Å². The fourth-order valence-corrected chi connectivity index (χ4v) is 3.50. The van der Waals surface area contributed by atoms with Crippen LogP contribution in [0, 0.1) is 0 Å². The topological polar surface area (TPSA) is 112 Å². The average molecular weight is 407 g/mol. The van der Waals surface area contributed by atoms with Gasteiger partial charge in [-0.25, -0.2) is 14.5 Å². The van der Waals surface area contributed by atoms with Crippen LogP contribution in [0.5, 0.6) is 0 Å². The van der Waals surface area contributed by atoms with Crippen LogP contribution in [-0.4, -0.2) is 31.3 Å². The molecule has 0 fully saturated rings. The predicted octanol–water partition coefficient (Wildman–Crippen LogP) is 1.37. The molecule has 4 aromatic rings. The lowest BCUT2D eigenvalue weighted by molar-refractivity contribution is -0.121. The number of aryl methyl sites for hydroxylation is 1. The molecule has 1 aromatic carbocycles. The zero-order valence-electron chi connectivity index (χ0n) is 16.7. The minimum atomic E-state index is -0.512. The molecule has 30 heavy (non-hydrogen) atoms. The lowest BCUT2D eigenvalue weighted by Crippen LogP contribution is -2.40. The summed E-state index contributed by atoms with van der Waals surface area (Å²) in [5.74, 6) is -0.755. The smallest absolute Gasteiger partial charge is 0.406 e. The number of carbonyl (C=O) groups excluding carboxylic acids is 1. The van der Waals surface area contributed by atoms with E-state index in [2.05, 4.69) is 15.4 Å². The number of rotatable bonds is 6. The van der Waals surface area contributed by atoms with Crippen molar-refractivity contribution < 1.29 is 9.21 Å². The van der Waals surface area contributed by atoms with Crippen molar-refractivity contribution in [3.8, 4) is 0 Å². The number of amides is 1. The third kappa shape index (κ3) is 3.61. The number of carbonyl (C=O) groups is 1. The van der Waals surface area contributed by atoms with Gasteiger partial charge < -0.3 is 9.73 Å². The Bertz CT molecular complexity index is 1350. The summed E-state index contributed by atoms with van der Waals surface area (Å²) < 4.78 is 7.87. The maximum Gasteiger partial charge on any atom is 0.421 e. The first-order chi connectivity index (χ1) is 14.5. The Morgan fingerprint density at radius 3 is 2.70 bits per heavy atom. The molecule has 0 saturated heterocycles. The Morgan fingerprint density at radius 2 is 1.93 bits per heavy atom. The number of oxazole rings is 1. The number of fused-ring (bicyclic) bond motifs is 2. The normalized spacial score (nSPS) is 12.3. The van der Waals surface area contributed by atoms with Crippen LogP contribution < -0.4 is 16.6 Å². The van der Waals surface area contributed by atoms with Crippen LogP contribution in [-0.2, 0) is 24.8 Å². The first kappa shape index (κ1) is 19.6. The minimum Gasteiger partial charge on any atom is -0.406 e. The number of benzene rings is 1. The van der Waals surface area contributed by atoms with E-state index in [1.165, 1.54) is 9.25 Å². The Morgan fingerprint density at radius 1 is 1.17 bits per heavy atom. The fraction of sp³-hybridized carbons (Fsp3) is 0.286. The van der Waals surface area contributed by atoms with Crippen molar-refractivity contribution in [1.29, 1.82) is 0 Å². The van der Waals surface area contributed by atoms with Crippen molar-refractivity contribution in [3.05, 3.63) is 69.2 Å². The summed E-state index contributed by atoms with van der Waals surface area (Å²) in [7, 11) is 1.56. The fourth-order valence-electron chi connectivity index (χ4n) is 3.50. The van der Waals surface area contributed by atoms with E-state index < -0.39 is 5.76 Å². The summed E-state index contributed by atoms with van der Waals surface area (Å²) in [5.41, 5.74) is 1.16. The van der Waals surface area contributed by atoms with E-state index in [9.17, 15) is 14.4 Å². The second-order valence-electron chi connectivity index (χ2n) is 7.07. The largest absolute Gasteiger partial charge is 0.421 e. The molecule has 0 aliphatic rings. The average Bonchev–Trinajstić information content (AvgIpc) is 3.06. The maximum absolute atomic E-state index is 12.7. The van der Waals surface area contributed by atoms with Gasteiger partial charge in [-0.2, -0.15) is 5.10 Å². The second-order valence-corrected chi connectivity index (χ2v) is 7.07. The number of pyridine rings is 1. The van der Waals surface area contributed by atoms with Gasteiger partial charge in [0, 0.05) is 24.7 Å². The standard InChI is InChI=1S/C21H21N5O4/c1-3-13(12-26-19-17(30-21(26)29)9-6-10-22-19)23-18(27)11-16-14-7-4-5-8-15(14)20(28)25(2)24-16/h4-10,13H,3,11-12H2,1-2H3,(H,23,27)/t13-/m0/s1. The summed E-state index contributed by atoms with van der Waals surface area (Å²) in [4.78, 5) is 41.4. The molecule has 9 nitrogen and oxygen atoms in total. The summed E-state index contributed by atoms with van der Waals surface area (Å²) in [6.45, 7) is 2.16. The van der Waals surface area contributed by atoms with Crippen LogP contribution in [0.25, 0.3) is 22.0 Å². The van der Waals surface area contributed by atoms with Crippen molar-refractivity contribution >= 4 is 27.9 Å². The first-order valence-corrected chi connectivity index (χ1v) is 9.66. The minimum absolute atomic E-state index is 0.0183. The first-order valence-electron chi connectivity index (χ1n) is 9.66. The molecule has 1 amide bonds. The van der Waals surface area contributed by atoms with Crippen molar-refractivity contribution in [2.24, 2.45) is 7.05 Å². The summed E-state index contributed by atoms with van der Waals surface area (Å²) >= 11 is 0. The van der Waals surface area contributed by atoms with Gasteiger partial charge in [0.1, 0.15) is 0 Å². The van der Waals surface area contributed by atoms with Gasteiger partial charge in [-0.3, -0.25) is 14.2 Å². The van der Waals surface area contributed by atoms with E-state index >= 15 is 0 Å². The SMILES string of the molecule is CC[C@@H](Cn1c(=O)oc2cccnc21)NC(=O)Cc1nn(C)c(=O)c2ccccc12. The molecule has 3 heterocycles. The van der Waals surface area contributed by atoms with Crippen LogP contribution in [0.1, 0.15) is 19.0 Å². The molecule has 0 bridgehead atoms. The number of aromatic nitrogens is 4. The monoisotopic (exact) mass is 407 g/mol. The van der Waals surface area contributed by atoms with E-state index in [1.54, 1.807) is 43.6 Å². The highest BCUT2D eigenvalue weighted by Gasteiger charge is 2.18. The van der Waals surface area contributed by atoms with Crippen molar-refractivity contribution in [3.63, 3.8) is 0 Å². The van der Waals surface area contributed by atoms with Crippen LogP contribution in [0.4, 0.5) is 0 Å². The van der Waals surface area contributed by atoms with Crippen molar-refractivity contribution in [2.75, 3.05) is 0 Å². The van der Waals surface area contributed by atoms with E-state index in [-0.39, 0.29) is 30.5 Å². The zero-order chi connectivity index (χ0) is 21.3. The van der Waals surface area contributed by atoms with Crippen LogP contribution in [0.3, 0.4) is 0 Å². The third-order valence-electron chi connectivity index (χ3n) is 5.05. The van der Waals surface area contributed by atoms with Gasteiger partial charge in [-0.15, -0.1) is 0 Å². The van der Waals surface area contributed by atoms with Gasteiger partial charge in [0.2, 0.25) is 5.91 Å². The Hall–Kier alpha value is -3.75. The molecular formula is C21H21N5O4. The van der Waals surface area contributed by atoms with Crippen LogP contribution >= 0.6 is 0 Å². The van der Waals surface area contributed by atoms with Crippen LogP contribution in [0.15, 0.2) is 56.6 Å². The predicted molar refractivity (Wildman–Crippen MR) is 111 cm³/mol. The van der Waals surface area contributed by atoms with Gasteiger partial charge in [-0.1, -0.05) is 25.1 Å². The molecule has 0 unspecified atom stereocenters. The van der Waals surface area contributed by atoms with Crippen LogP contribution in [0.2, 0.25) is 0 Å². The van der Waals surface area contributed by atoms with Gasteiger partial charge >= 0.3 is 5.76 Å². The summed E-state index contributed by atoms with van der Waals surface area (Å²) in [6, 6.07) is 10.2. The quantitative estimate of drug-likeness (QED) is 0.517. The van der Waals surface area contributed by atoms with Gasteiger partial charge in [0.05, 0.1) is 24.0 Å². The van der Waals surface area contributed by atoms with Gasteiger partial charge in [-0.05, 0) is 24.6 Å². The highest BCUT2D eigenvalue weighted by Crippen LogP contribution is 2.14. The Balaban J connectivity index is 1.55. The molecule has 0 spiro atoms. The molecule has 0 aliphatic heterocycles. The zero-order valence-corrected chi connectivity index (χ0v) is 16.7. The van der Waals surface area contributed by atoms with E-state index in [4.69, 9.17) is 4.42 Å². The molecule has 0 aliphatic carbocycles. The summed E-state index contributed by atoms with van der Waals surface area (Å²) in [5, 5.41) is 8.39. The van der Waals surface area contributed by atoms with E-state index in [1.807, 2.05) is 13.0 Å². The van der Waals surface area contributed by atoms with Gasteiger partial charge in [0.15, 0.2) is 11.2 Å². The molecule has 9 heteroatoms. The van der Waals surface area contributed by atoms with Crippen molar-refractivity contribution in [2.45, 2.75) is 32.4 Å². The molecule has 4 rings (SSSR count). The lowest BCUT2D eigenvalue weighted by Gasteiger charge is -2.17. The molecule has 1 atom stereocenters. The van der Waals surface area contributed by atoms with Gasteiger partial charge in [0.25, 0.3) is 5.56 Å². The highest BCUT2D eigenvalue weighted by molar-refractivity contribution is 5.88. The summed E-state index contributed by atoms with van der Waals surface area (Å²) in [6.07, 6.45) is 2.22. The number of hydrogen-bond acceptors (Lipinski definition) is 6. The molecular weight excluding hydrogens is 386 g/mol. The number of nitrogens with zero attached hydrogens (tertiary/aromatic N) is 4. The molecule has 0 radical (unpaired) electrons. The molecule has 0 saturated carbocycles. The lowest BCUT2D eigenvalue weighted by atomic mass is 10.1. The molecule has 1 N–H and O–H groups in total. The highest BCUT2D eigenvalue weighted by atomic mass is 16.4. The number of nitrogens with one attached hydrogen (secondary N) is 1. The Kier molecular flexibility index (Phi) is 5.18. The molecule has 154 valence electrons.